The lowest BCUT2D eigenvalue weighted by atomic mass is 10.0. The molecule has 1 aliphatic heterocycles. The lowest BCUT2D eigenvalue weighted by molar-refractivity contribution is 0.567. The van der Waals surface area contributed by atoms with Crippen molar-refractivity contribution in [2.75, 3.05) is 18.4 Å². The molecule has 0 spiro atoms. The number of aromatic nitrogens is 1. The van der Waals surface area contributed by atoms with Crippen LogP contribution < -0.4 is 16.2 Å². The molecule has 1 aliphatic rings. The minimum atomic E-state index is 0.0230. The van der Waals surface area contributed by atoms with Gasteiger partial charge in [-0.05, 0) is 26.0 Å². The van der Waals surface area contributed by atoms with E-state index in [2.05, 4.69) is 23.6 Å². The number of rotatable bonds is 2. The number of para-hydroxylation sites is 1. The molecule has 100 valence electrons. The standard InChI is InChI=1S/C15H19N3O/c1-15(7-8-16-10-15)17-12-9-14(19)18(2)13-6-4-3-5-11(12)13/h3-6,9,16-17H,7-8,10H2,1-2H3. The van der Waals surface area contributed by atoms with E-state index >= 15 is 0 Å². The molecule has 0 amide bonds. The van der Waals surface area contributed by atoms with E-state index in [4.69, 9.17) is 0 Å². The molecule has 1 fully saturated rings. The topological polar surface area (TPSA) is 46.1 Å². The van der Waals surface area contributed by atoms with Crippen molar-refractivity contribution < 1.29 is 0 Å². The molecule has 0 aliphatic carbocycles. The number of nitrogens with one attached hydrogen (secondary N) is 2. The van der Waals surface area contributed by atoms with Crippen LogP contribution in [0.5, 0.6) is 0 Å². The summed E-state index contributed by atoms with van der Waals surface area (Å²) in [5, 5.41) is 8.01. The average molecular weight is 257 g/mol. The molecule has 2 heterocycles. The van der Waals surface area contributed by atoms with Gasteiger partial charge in [0.25, 0.3) is 5.56 Å². The second kappa shape index (κ2) is 4.38. The third-order valence-corrected chi connectivity index (χ3v) is 3.96. The van der Waals surface area contributed by atoms with Gasteiger partial charge in [-0.1, -0.05) is 18.2 Å². The van der Waals surface area contributed by atoms with Gasteiger partial charge in [0, 0.05) is 36.3 Å². The first kappa shape index (κ1) is 12.2. The molecule has 19 heavy (non-hydrogen) atoms. The highest BCUT2D eigenvalue weighted by Crippen LogP contribution is 2.26. The minimum Gasteiger partial charge on any atom is -0.378 e. The fourth-order valence-electron chi connectivity index (χ4n) is 2.76. The third-order valence-electron chi connectivity index (χ3n) is 3.96. The molecule has 2 aromatic rings. The predicted octanol–water partition coefficient (Wildman–Crippen LogP) is 1.70. The van der Waals surface area contributed by atoms with Gasteiger partial charge in [-0.15, -0.1) is 0 Å². The van der Waals surface area contributed by atoms with Gasteiger partial charge in [0.15, 0.2) is 0 Å². The highest BCUT2D eigenvalue weighted by Gasteiger charge is 2.28. The number of benzene rings is 1. The van der Waals surface area contributed by atoms with Crippen LogP contribution in [0.15, 0.2) is 35.1 Å². The number of pyridine rings is 1. The van der Waals surface area contributed by atoms with Crippen molar-refractivity contribution in [3.63, 3.8) is 0 Å². The number of hydrogen-bond donors (Lipinski definition) is 2. The molecule has 1 unspecified atom stereocenters. The van der Waals surface area contributed by atoms with Gasteiger partial charge in [-0.2, -0.15) is 0 Å². The monoisotopic (exact) mass is 257 g/mol. The van der Waals surface area contributed by atoms with E-state index in [1.165, 1.54) is 0 Å². The lowest BCUT2D eigenvalue weighted by Gasteiger charge is -2.27. The van der Waals surface area contributed by atoms with Gasteiger partial charge in [0.05, 0.1) is 5.52 Å². The number of aryl methyl sites for hydroxylation is 1. The Morgan fingerprint density at radius 2 is 2.16 bits per heavy atom. The minimum absolute atomic E-state index is 0.0230. The molecule has 0 saturated carbocycles. The van der Waals surface area contributed by atoms with E-state index in [1.54, 1.807) is 10.6 Å². The molecule has 1 aromatic heterocycles. The maximum Gasteiger partial charge on any atom is 0.252 e. The molecule has 4 nitrogen and oxygen atoms in total. The van der Waals surface area contributed by atoms with Crippen LogP contribution in [-0.4, -0.2) is 23.2 Å². The number of hydrogen-bond acceptors (Lipinski definition) is 3. The van der Waals surface area contributed by atoms with Gasteiger partial charge < -0.3 is 15.2 Å². The zero-order valence-corrected chi connectivity index (χ0v) is 11.4. The van der Waals surface area contributed by atoms with Crippen LogP contribution in [0.25, 0.3) is 10.9 Å². The van der Waals surface area contributed by atoms with Crippen molar-refractivity contribution in [3.8, 4) is 0 Å². The van der Waals surface area contributed by atoms with Crippen molar-refractivity contribution in [2.45, 2.75) is 18.9 Å². The van der Waals surface area contributed by atoms with Gasteiger partial charge >= 0.3 is 0 Å². The summed E-state index contributed by atoms with van der Waals surface area (Å²) in [6, 6.07) is 9.71. The third kappa shape index (κ3) is 2.12. The molecule has 4 heteroatoms. The second-order valence-corrected chi connectivity index (χ2v) is 5.58. The summed E-state index contributed by atoms with van der Waals surface area (Å²) in [5.74, 6) is 0. The first-order valence-electron chi connectivity index (χ1n) is 6.67. The SMILES string of the molecule is Cn1c(=O)cc(NC2(C)CCNC2)c2ccccc21. The Kier molecular flexibility index (Phi) is 2.82. The van der Waals surface area contributed by atoms with E-state index in [1.807, 2.05) is 25.2 Å². The van der Waals surface area contributed by atoms with Crippen molar-refractivity contribution >= 4 is 16.6 Å². The summed E-state index contributed by atoms with van der Waals surface area (Å²) < 4.78 is 1.69. The van der Waals surface area contributed by atoms with Crippen LogP contribution in [0.4, 0.5) is 5.69 Å². The fourth-order valence-corrected chi connectivity index (χ4v) is 2.76. The molecule has 1 atom stereocenters. The van der Waals surface area contributed by atoms with Crippen molar-refractivity contribution in [1.82, 2.24) is 9.88 Å². The summed E-state index contributed by atoms with van der Waals surface area (Å²) in [6.45, 7) is 4.14. The van der Waals surface area contributed by atoms with Gasteiger partial charge in [-0.25, -0.2) is 0 Å². The molecule has 0 bridgehead atoms. The Bertz CT molecular complexity index is 669. The molecule has 3 rings (SSSR count). The molecule has 1 saturated heterocycles. The van der Waals surface area contributed by atoms with Crippen LogP contribution in [-0.2, 0) is 7.05 Å². The van der Waals surface area contributed by atoms with E-state index in [-0.39, 0.29) is 11.1 Å². The van der Waals surface area contributed by atoms with Crippen LogP contribution in [0.3, 0.4) is 0 Å². The molecule has 2 N–H and O–H groups in total. The van der Waals surface area contributed by atoms with Crippen LogP contribution in [0, 0.1) is 0 Å². The van der Waals surface area contributed by atoms with Crippen LogP contribution >= 0.6 is 0 Å². The number of fused-ring (bicyclic) bond motifs is 1. The summed E-state index contributed by atoms with van der Waals surface area (Å²) in [5.41, 5.74) is 1.95. The maximum atomic E-state index is 12.0. The zero-order chi connectivity index (χ0) is 13.5. The zero-order valence-electron chi connectivity index (χ0n) is 11.4. The van der Waals surface area contributed by atoms with Crippen molar-refractivity contribution in [1.29, 1.82) is 0 Å². The van der Waals surface area contributed by atoms with Gasteiger partial charge in [0.1, 0.15) is 0 Å². The normalized spacial score (nSPS) is 22.8. The molecule has 1 aromatic carbocycles. The van der Waals surface area contributed by atoms with Crippen molar-refractivity contribution in [3.05, 3.63) is 40.7 Å². The summed E-state index contributed by atoms with van der Waals surface area (Å²) >= 11 is 0. The highest BCUT2D eigenvalue weighted by molar-refractivity contribution is 5.91. The van der Waals surface area contributed by atoms with Crippen LogP contribution in [0.2, 0.25) is 0 Å². The smallest absolute Gasteiger partial charge is 0.252 e. The Morgan fingerprint density at radius 1 is 1.37 bits per heavy atom. The predicted molar refractivity (Wildman–Crippen MR) is 78.7 cm³/mol. The van der Waals surface area contributed by atoms with Gasteiger partial charge in [0.2, 0.25) is 0 Å². The van der Waals surface area contributed by atoms with Crippen molar-refractivity contribution in [2.24, 2.45) is 7.05 Å². The first-order valence-corrected chi connectivity index (χ1v) is 6.67. The fraction of sp³-hybridized carbons (Fsp3) is 0.400. The summed E-state index contributed by atoms with van der Waals surface area (Å²) in [6.07, 6.45) is 1.07. The van der Waals surface area contributed by atoms with E-state index in [9.17, 15) is 4.79 Å². The average Bonchev–Trinajstić information content (AvgIpc) is 2.82. The van der Waals surface area contributed by atoms with E-state index < -0.39 is 0 Å². The lowest BCUT2D eigenvalue weighted by Crippen LogP contribution is -2.37. The Labute approximate surface area is 112 Å². The molecular formula is C15H19N3O. The maximum absolute atomic E-state index is 12.0. The van der Waals surface area contributed by atoms with Crippen LogP contribution in [0.1, 0.15) is 13.3 Å². The van der Waals surface area contributed by atoms with Gasteiger partial charge in [-0.3, -0.25) is 4.79 Å². The second-order valence-electron chi connectivity index (χ2n) is 5.58. The Hall–Kier alpha value is -1.81. The summed E-state index contributed by atoms with van der Waals surface area (Å²) in [4.78, 5) is 12.0. The summed E-state index contributed by atoms with van der Waals surface area (Å²) in [7, 11) is 1.81. The highest BCUT2D eigenvalue weighted by atomic mass is 16.1. The van der Waals surface area contributed by atoms with E-state index in [0.29, 0.717) is 0 Å². The largest absolute Gasteiger partial charge is 0.378 e. The Balaban J connectivity index is 2.13. The number of anilines is 1. The Morgan fingerprint density at radius 3 is 2.89 bits per heavy atom. The number of nitrogens with zero attached hydrogens (tertiary/aromatic N) is 1. The first-order chi connectivity index (χ1) is 9.09. The molecule has 0 radical (unpaired) electrons. The molecular weight excluding hydrogens is 238 g/mol. The van der Waals surface area contributed by atoms with E-state index in [0.717, 1.165) is 36.1 Å². The quantitative estimate of drug-likeness (QED) is 0.861.